The average Bonchev–Trinajstić information content (AvgIpc) is 2.98. The summed E-state index contributed by atoms with van der Waals surface area (Å²) in [7, 11) is 0. The molecule has 0 spiro atoms. The van der Waals surface area contributed by atoms with Crippen molar-refractivity contribution in [3.05, 3.63) is 16.1 Å². The summed E-state index contributed by atoms with van der Waals surface area (Å²) in [5, 5.41) is 3.49. The van der Waals surface area contributed by atoms with Crippen LogP contribution in [0.15, 0.2) is 5.38 Å². The monoisotopic (exact) mass is 268 g/mol. The zero-order chi connectivity index (χ0) is 12.4. The predicted octanol–water partition coefficient (Wildman–Crippen LogP) is 3.73. The minimum absolute atomic E-state index is 0.594. The standard InChI is InChI=1S/C14H21FN2S/c15-12-6-3-7-17(8-12)9-13-10-18-14(16-13)11-4-1-2-5-11/h10-12H,1-9H2. The van der Waals surface area contributed by atoms with Crippen LogP contribution in [0.1, 0.15) is 55.1 Å². The highest BCUT2D eigenvalue weighted by Gasteiger charge is 2.22. The molecular weight excluding hydrogens is 247 g/mol. The fraction of sp³-hybridized carbons (Fsp3) is 0.786. The number of halogens is 1. The molecule has 0 N–H and O–H groups in total. The molecule has 1 saturated heterocycles. The van der Waals surface area contributed by atoms with Gasteiger partial charge in [0.05, 0.1) is 10.7 Å². The number of piperidine rings is 1. The van der Waals surface area contributed by atoms with Crippen molar-refractivity contribution < 1.29 is 4.39 Å². The summed E-state index contributed by atoms with van der Waals surface area (Å²) in [4.78, 5) is 6.98. The number of alkyl halides is 1. The van der Waals surface area contributed by atoms with Crippen molar-refractivity contribution in [3.63, 3.8) is 0 Å². The van der Waals surface area contributed by atoms with Crippen molar-refractivity contribution in [2.24, 2.45) is 0 Å². The van der Waals surface area contributed by atoms with Crippen molar-refractivity contribution in [3.8, 4) is 0 Å². The van der Waals surface area contributed by atoms with E-state index in [-0.39, 0.29) is 0 Å². The van der Waals surface area contributed by atoms with Crippen molar-refractivity contribution in [1.82, 2.24) is 9.88 Å². The second-order valence-electron chi connectivity index (χ2n) is 5.63. The Hall–Kier alpha value is -0.480. The highest BCUT2D eigenvalue weighted by atomic mass is 32.1. The Morgan fingerprint density at radius 3 is 2.89 bits per heavy atom. The maximum atomic E-state index is 13.3. The second kappa shape index (κ2) is 5.66. The lowest BCUT2D eigenvalue weighted by atomic mass is 10.1. The third-order valence-electron chi connectivity index (χ3n) is 4.11. The molecule has 1 aromatic rings. The zero-order valence-corrected chi connectivity index (χ0v) is 11.6. The van der Waals surface area contributed by atoms with Gasteiger partial charge in [0, 0.05) is 24.4 Å². The summed E-state index contributed by atoms with van der Waals surface area (Å²) in [6.45, 7) is 2.45. The summed E-state index contributed by atoms with van der Waals surface area (Å²) in [6, 6.07) is 0. The van der Waals surface area contributed by atoms with E-state index in [9.17, 15) is 4.39 Å². The molecule has 2 fully saturated rings. The largest absolute Gasteiger partial charge is 0.295 e. The van der Waals surface area contributed by atoms with Crippen molar-refractivity contribution in [2.45, 2.75) is 57.2 Å². The van der Waals surface area contributed by atoms with Crippen LogP contribution < -0.4 is 0 Å². The molecule has 2 heterocycles. The van der Waals surface area contributed by atoms with Gasteiger partial charge in [-0.25, -0.2) is 9.37 Å². The molecule has 1 aromatic heterocycles. The molecule has 0 radical (unpaired) electrons. The van der Waals surface area contributed by atoms with Gasteiger partial charge in [0.1, 0.15) is 6.17 Å². The number of aromatic nitrogens is 1. The molecule has 4 heteroatoms. The van der Waals surface area contributed by atoms with Crippen LogP contribution in [0.3, 0.4) is 0 Å². The third-order valence-corrected chi connectivity index (χ3v) is 5.16. The lowest BCUT2D eigenvalue weighted by molar-refractivity contribution is 0.132. The third kappa shape index (κ3) is 2.91. The molecule has 1 saturated carbocycles. The topological polar surface area (TPSA) is 16.1 Å². The van der Waals surface area contributed by atoms with E-state index in [0.29, 0.717) is 12.5 Å². The summed E-state index contributed by atoms with van der Waals surface area (Å²) < 4.78 is 13.3. The predicted molar refractivity (Wildman–Crippen MR) is 72.7 cm³/mol. The van der Waals surface area contributed by atoms with Crippen LogP contribution in [0.25, 0.3) is 0 Å². The van der Waals surface area contributed by atoms with Gasteiger partial charge in [0.15, 0.2) is 0 Å². The molecule has 100 valence electrons. The summed E-state index contributed by atoms with van der Waals surface area (Å²) in [5.41, 5.74) is 1.15. The molecule has 18 heavy (non-hydrogen) atoms. The number of likely N-dealkylation sites (tertiary alicyclic amines) is 1. The fourth-order valence-corrected chi connectivity index (χ4v) is 4.11. The van der Waals surface area contributed by atoms with Crippen molar-refractivity contribution >= 4 is 11.3 Å². The van der Waals surface area contributed by atoms with Crippen LogP contribution in [-0.4, -0.2) is 29.1 Å². The fourth-order valence-electron chi connectivity index (χ4n) is 3.13. The van der Waals surface area contributed by atoms with Crippen LogP contribution in [0.5, 0.6) is 0 Å². The number of rotatable bonds is 3. The highest BCUT2D eigenvalue weighted by Crippen LogP contribution is 2.35. The van der Waals surface area contributed by atoms with Gasteiger partial charge in [-0.2, -0.15) is 0 Å². The highest BCUT2D eigenvalue weighted by molar-refractivity contribution is 7.09. The van der Waals surface area contributed by atoms with Gasteiger partial charge in [0.25, 0.3) is 0 Å². The van der Waals surface area contributed by atoms with Crippen LogP contribution >= 0.6 is 11.3 Å². The molecule has 1 aliphatic carbocycles. The molecule has 3 rings (SSSR count). The van der Waals surface area contributed by atoms with Gasteiger partial charge >= 0.3 is 0 Å². The Labute approximate surface area is 112 Å². The van der Waals surface area contributed by atoms with E-state index in [0.717, 1.165) is 31.6 Å². The lowest BCUT2D eigenvalue weighted by Gasteiger charge is -2.28. The summed E-state index contributed by atoms with van der Waals surface area (Å²) >= 11 is 1.80. The minimum Gasteiger partial charge on any atom is -0.295 e. The first kappa shape index (κ1) is 12.5. The van der Waals surface area contributed by atoms with E-state index in [2.05, 4.69) is 10.3 Å². The minimum atomic E-state index is -0.633. The van der Waals surface area contributed by atoms with Gasteiger partial charge in [-0.15, -0.1) is 11.3 Å². The molecule has 0 bridgehead atoms. The van der Waals surface area contributed by atoms with Gasteiger partial charge < -0.3 is 0 Å². The van der Waals surface area contributed by atoms with Crippen LogP contribution in [-0.2, 0) is 6.54 Å². The molecule has 1 aliphatic heterocycles. The number of thiazole rings is 1. The van der Waals surface area contributed by atoms with Crippen molar-refractivity contribution in [1.29, 1.82) is 0 Å². The SMILES string of the molecule is FC1CCCN(Cc2csc(C3CCCC3)n2)C1. The molecular formula is C14H21FN2S. The zero-order valence-electron chi connectivity index (χ0n) is 10.8. The molecule has 2 aliphatic rings. The Bertz CT molecular complexity index is 387. The molecule has 2 nitrogen and oxygen atoms in total. The van der Waals surface area contributed by atoms with Gasteiger partial charge in [-0.3, -0.25) is 4.90 Å². The first-order valence-corrected chi connectivity index (χ1v) is 8.00. The van der Waals surface area contributed by atoms with Crippen LogP contribution in [0.2, 0.25) is 0 Å². The van der Waals surface area contributed by atoms with Crippen molar-refractivity contribution in [2.75, 3.05) is 13.1 Å². The van der Waals surface area contributed by atoms with E-state index in [1.165, 1.54) is 30.7 Å². The molecule has 1 unspecified atom stereocenters. The van der Waals surface area contributed by atoms with Gasteiger partial charge in [-0.1, -0.05) is 12.8 Å². The normalized spacial score (nSPS) is 26.8. The maximum Gasteiger partial charge on any atom is 0.113 e. The Kier molecular flexibility index (Phi) is 3.94. The average molecular weight is 268 g/mol. The smallest absolute Gasteiger partial charge is 0.113 e. The van der Waals surface area contributed by atoms with Gasteiger partial charge in [0.2, 0.25) is 0 Å². The second-order valence-corrected chi connectivity index (χ2v) is 6.52. The van der Waals surface area contributed by atoms with Crippen LogP contribution in [0, 0.1) is 0 Å². The maximum absolute atomic E-state index is 13.3. The van der Waals surface area contributed by atoms with Gasteiger partial charge in [-0.05, 0) is 32.2 Å². The molecule has 1 atom stereocenters. The lowest BCUT2D eigenvalue weighted by Crippen LogP contribution is -2.35. The van der Waals surface area contributed by atoms with E-state index < -0.39 is 6.17 Å². The molecule has 0 aromatic carbocycles. The molecule has 0 amide bonds. The van der Waals surface area contributed by atoms with Crippen LogP contribution in [0.4, 0.5) is 4.39 Å². The quantitative estimate of drug-likeness (QED) is 0.830. The first-order valence-electron chi connectivity index (χ1n) is 7.12. The number of nitrogens with zero attached hydrogens (tertiary/aromatic N) is 2. The Morgan fingerprint density at radius 1 is 1.28 bits per heavy atom. The van der Waals surface area contributed by atoms with E-state index in [1.54, 1.807) is 11.3 Å². The summed E-state index contributed by atoms with van der Waals surface area (Å²) in [5.74, 6) is 0.707. The van der Waals surface area contributed by atoms with E-state index in [1.807, 2.05) is 0 Å². The number of hydrogen-bond donors (Lipinski definition) is 0. The van der Waals surface area contributed by atoms with E-state index >= 15 is 0 Å². The summed E-state index contributed by atoms with van der Waals surface area (Å²) in [6.07, 6.45) is 6.42. The Balaban J connectivity index is 1.59. The first-order chi connectivity index (χ1) is 8.81. The Morgan fingerprint density at radius 2 is 2.11 bits per heavy atom. The number of hydrogen-bond acceptors (Lipinski definition) is 3. The van der Waals surface area contributed by atoms with E-state index in [4.69, 9.17) is 4.98 Å².